The maximum atomic E-state index is 5.51. The monoisotopic (exact) mass is 177 g/mol. The largest absolute Gasteiger partial charge is 0.493 e. The molecule has 0 heterocycles. The standard InChI is InChI=1S/C12H17O/c1-5-13-11-9-7-6-8-10(11)12(2,3)4/h6-8H,5H2,1-4H3. The van der Waals surface area contributed by atoms with Gasteiger partial charge in [0, 0.05) is 11.6 Å². The first kappa shape index (κ1) is 10.1. The molecule has 1 aromatic carbocycles. The molecule has 1 heteroatoms. The van der Waals surface area contributed by atoms with Gasteiger partial charge in [-0.2, -0.15) is 0 Å². The zero-order valence-corrected chi connectivity index (χ0v) is 8.85. The number of ether oxygens (including phenoxy) is 1. The lowest BCUT2D eigenvalue weighted by Gasteiger charge is -2.21. The fourth-order valence-electron chi connectivity index (χ4n) is 1.28. The lowest BCUT2D eigenvalue weighted by atomic mass is 9.86. The Morgan fingerprint density at radius 2 is 2.08 bits per heavy atom. The summed E-state index contributed by atoms with van der Waals surface area (Å²) in [5.74, 6) is 0.887. The van der Waals surface area contributed by atoms with Gasteiger partial charge in [0.2, 0.25) is 0 Å². The van der Waals surface area contributed by atoms with E-state index in [0.29, 0.717) is 6.61 Å². The molecule has 71 valence electrons. The van der Waals surface area contributed by atoms with E-state index in [0.717, 1.165) is 5.75 Å². The second-order valence-corrected chi connectivity index (χ2v) is 4.10. The summed E-state index contributed by atoms with van der Waals surface area (Å²) < 4.78 is 5.51. The van der Waals surface area contributed by atoms with Gasteiger partial charge in [-0.25, -0.2) is 0 Å². The smallest absolute Gasteiger partial charge is 0.130 e. The van der Waals surface area contributed by atoms with Crippen LogP contribution < -0.4 is 4.74 Å². The van der Waals surface area contributed by atoms with Crippen LogP contribution in [0.15, 0.2) is 18.2 Å². The molecule has 0 fully saturated rings. The molecule has 0 N–H and O–H groups in total. The maximum Gasteiger partial charge on any atom is 0.130 e. The Morgan fingerprint density at radius 1 is 1.38 bits per heavy atom. The van der Waals surface area contributed by atoms with Crippen LogP contribution in [0.2, 0.25) is 0 Å². The van der Waals surface area contributed by atoms with Crippen molar-refractivity contribution < 1.29 is 4.74 Å². The molecule has 0 bridgehead atoms. The molecule has 0 atom stereocenters. The van der Waals surface area contributed by atoms with Gasteiger partial charge >= 0.3 is 0 Å². The van der Waals surface area contributed by atoms with Gasteiger partial charge in [-0.1, -0.05) is 39.0 Å². The van der Waals surface area contributed by atoms with Gasteiger partial charge in [-0.15, -0.1) is 0 Å². The van der Waals surface area contributed by atoms with E-state index in [1.807, 2.05) is 19.1 Å². The third-order valence-electron chi connectivity index (χ3n) is 1.91. The van der Waals surface area contributed by atoms with Crippen molar-refractivity contribution in [3.63, 3.8) is 0 Å². The van der Waals surface area contributed by atoms with E-state index >= 15 is 0 Å². The third kappa shape index (κ3) is 2.48. The summed E-state index contributed by atoms with van der Waals surface area (Å²) in [7, 11) is 0. The van der Waals surface area contributed by atoms with Crippen LogP contribution in [0.5, 0.6) is 5.75 Å². The maximum absolute atomic E-state index is 5.51. The summed E-state index contributed by atoms with van der Waals surface area (Å²) in [6.07, 6.45) is 0. The quantitative estimate of drug-likeness (QED) is 0.674. The summed E-state index contributed by atoms with van der Waals surface area (Å²) >= 11 is 0. The number of hydrogen-bond acceptors (Lipinski definition) is 1. The van der Waals surface area contributed by atoms with Crippen LogP contribution in [-0.2, 0) is 5.41 Å². The molecule has 1 radical (unpaired) electrons. The molecule has 0 saturated heterocycles. The zero-order chi connectivity index (χ0) is 9.90. The summed E-state index contributed by atoms with van der Waals surface area (Å²) in [6, 6.07) is 9.11. The molecule has 0 spiro atoms. The second-order valence-electron chi connectivity index (χ2n) is 4.10. The Kier molecular flexibility index (Phi) is 2.97. The molecule has 0 aliphatic rings. The second kappa shape index (κ2) is 3.82. The lowest BCUT2D eigenvalue weighted by Crippen LogP contribution is -2.13. The van der Waals surface area contributed by atoms with Crippen molar-refractivity contribution in [2.45, 2.75) is 33.1 Å². The lowest BCUT2D eigenvalue weighted by molar-refractivity contribution is 0.329. The Balaban J connectivity index is 3.05. The molecule has 1 aromatic rings. The number of hydrogen-bond donors (Lipinski definition) is 0. The highest BCUT2D eigenvalue weighted by Crippen LogP contribution is 2.30. The van der Waals surface area contributed by atoms with Crippen LogP contribution in [0.25, 0.3) is 0 Å². The Hall–Kier alpha value is -0.980. The average molecular weight is 177 g/mol. The van der Waals surface area contributed by atoms with Crippen LogP contribution in [0.3, 0.4) is 0 Å². The van der Waals surface area contributed by atoms with Gasteiger partial charge < -0.3 is 4.74 Å². The Morgan fingerprint density at radius 3 is 2.62 bits per heavy atom. The summed E-state index contributed by atoms with van der Waals surface area (Å²) in [5.41, 5.74) is 1.35. The van der Waals surface area contributed by atoms with E-state index < -0.39 is 0 Å². The first-order valence-corrected chi connectivity index (χ1v) is 4.69. The molecule has 0 unspecified atom stereocenters. The van der Waals surface area contributed by atoms with Gasteiger partial charge in [0.1, 0.15) is 5.75 Å². The van der Waals surface area contributed by atoms with Crippen molar-refractivity contribution in [1.82, 2.24) is 0 Å². The minimum absolute atomic E-state index is 0.127. The van der Waals surface area contributed by atoms with Gasteiger partial charge in [0.25, 0.3) is 0 Å². The van der Waals surface area contributed by atoms with E-state index in [-0.39, 0.29) is 5.41 Å². The summed E-state index contributed by atoms with van der Waals surface area (Å²) in [4.78, 5) is 0. The highest BCUT2D eigenvalue weighted by molar-refractivity contribution is 5.37. The zero-order valence-electron chi connectivity index (χ0n) is 8.85. The minimum Gasteiger partial charge on any atom is -0.493 e. The Bertz CT molecular complexity index is 271. The first-order chi connectivity index (χ1) is 6.05. The van der Waals surface area contributed by atoms with Crippen LogP contribution in [-0.4, -0.2) is 6.61 Å². The SMILES string of the molecule is CCOc1[c]cccc1C(C)(C)C. The van der Waals surface area contributed by atoms with E-state index in [9.17, 15) is 0 Å². The van der Waals surface area contributed by atoms with E-state index in [2.05, 4.69) is 32.9 Å². The molecular formula is C12H17O. The molecule has 1 rings (SSSR count). The predicted octanol–water partition coefficient (Wildman–Crippen LogP) is 3.18. The van der Waals surface area contributed by atoms with E-state index in [1.54, 1.807) is 0 Å². The fraction of sp³-hybridized carbons (Fsp3) is 0.500. The van der Waals surface area contributed by atoms with Gasteiger partial charge in [0.15, 0.2) is 0 Å². The van der Waals surface area contributed by atoms with Crippen molar-refractivity contribution in [3.8, 4) is 5.75 Å². The van der Waals surface area contributed by atoms with Crippen molar-refractivity contribution in [1.29, 1.82) is 0 Å². The van der Waals surface area contributed by atoms with Crippen molar-refractivity contribution in [2.75, 3.05) is 6.61 Å². The number of para-hydroxylation sites is 1. The highest BCUT2D eigenvalue weighted by atomic mass is 16.5. The number of rotatable bonds is 2. The molecule has 0 saturated carbocycles. The van der Waals surface area contributed by atoms with Gasteiger partial charge in [0.05, 0.1) is 6.61 Å². The average Bonchev–Trinajstić information content (AvgIpc) is 2.04. The van der Waals surface area contributed by atoms with Crippen molar-refractivity contribution >= 4 is 0 Å². The normalized spacial score (nSPS) is 11.4. The molecule has 0 amide bonds. The Labute approximate surface area is 80.7 Å². The molecule has 13 heavy (non-hydrogen) atoms. The fourth-order valence-corrected chi connectivity index (χ4v) is 1.28. The minimum atomic E-state index is 0.127. The van der Waals surface area contributed by atoms with Crippen LogP contribution >= 0.6 is 0 Å². The van der Waals surface area contributed by atoms with Crippen LogP contribution in [0.1, 0.15) is 33.3 Å². The summed E-state index contributed by atoms with van der Waals surface area (Å²) in [5, 5.41) is 0. The number of benzene rings is 1. The molecule has 1 nitrogen and oxygen atoms in total. The van der Waals surface area contributed by atoms with Gasteiger partial charge in [-0.3, -0.25) is 0 Å². The summed E-state index contributed by atoms with van der Waals surface area (Å²) in [6.45, 7) is 9.23. The first-order valence-electron chi connectivity index (χ1n) is 4.69. The molecule has 0 aliphatic carbocycles. The van der Waals surface area contributed by atoms with E-state index in [1.165, 1.54) is 5.56 Å². The van der Waals surface area contributed by atoms with Crippen molar-refractivity contribution in [2.24, 2.45) is 0 Å². The predicted molar refractivity (Wildman–Crippen MR) is 55.1 cm³/mol. The van der Waals surface area contributed by atoms with Crippen molar-refractivity contribution in [3.05, 3.63) is 29.8 Å². The van der Waals surface area contributed by atoms with E-state index in [4.69, 9.17) is 4.74 Å². The third-order valence-corrected chi connectivity index (χ3v) is 1.91. The van der Waals surface area contributed by atoms with Gasteiger partial charge in [-0.05, 0) is 12.3 Å². The van der Waals surface area contributed by atoms with Crippen LogP contribution in [0.4, 0.5) is 0 Å². The molecule has 0 aromatic heterocycles. The molecule has 0 aliphatic heterocycles. The van der Waals surface area contributed by atoms with Crippen LogP contribution in [0, 0.1) is 6.07 Å². The highest BCUT2D eigenvalue weighted by Gasteiger charge is 2.17. The molecular weight excluding hydrogens is 160 g/mol. The topological polar surface area (TPSA) is 9.23 Å².